The summed E-state index contributed by atoms with van der Waals surface area (Å²) in [6.45, 7) is 7.01. The monoisotopic (exact) mass is 595 g/mol. The second-order valence-corrected chi connectivity index (χ2v) is 9.33. The number of carboxylic acids is 2. The first-order valence-corrected chi connectivity index (χ1v) is 12.3. The Balaban J connectivity index is 0.000000349. The van der Waals surface area contributed by atoms with Crippen LogP contribution < -0.4 is 4.74 Å². The maximum atomic E-state index is 10.6. The fourth-order valence-electron chi connectivity index (χ4n) is 4.22. The number of carboxylic acid groups (broad SMARTS) is 2. The Morgan fingerprint density at radius 2 is 1.44 bits per heavy atom. The van der Waals surface area contributed by atoms with Gasteiger partial charge in [-0.1, -0.05) is 18.2 Å². The summed E-state index contributed by atoms with van der Waals surface area (Å²) < 4.78 is 75.0. The first-order valence-electron chi connectivity index (χ1n) is 12.3. The number of halogens is 6. The molecule has 0 radical (unpaired) electrons. The topological polar surface area (TPSA) is 112 Å². The maximum absolute atomic E-state index is 10.6. The Labute approximate surface area is 232 Å². The molecule has 2 aliphatic rings. The number of likely N-dealkylation sites (tertiary alicyclic amines) is 1. The standard InChI is InChI=1S/C22H29N3O2.2C2HF3O2/c1-26-21-6-4-19(5-7-21)16-24-11-8-22(9-12-24)18-25(13-14-27-22)17-20-3-2-10-23-15-20;2*3-2(4,5)1(6)7/h2-7,10,15H,8-9,11-14,16-18H2,1H3;2*(H,6,7). The highest BCUT2D eigenvalue weighted by molar-refractivity contribution is 5.73. The molecular weight excluding hydrogens is 564 g/mol. The van der Waals surface area contributed by atoms with Gasteiger partial charge in [-0.15, -0.1) is 0 Å². The van der Waals surface area contributed by atoms with Crippen LogP contribution in [0.4, 0.5) is 26.3 Å². The number of aliphatic carboxylic acids is 2. The molecule has 1 aromatic heterocycles. The van der Waals surface area contributed by atoms with Crippen molar-refractivity contribution in [1.29, 1.82) is 0 Å². The second kappa shape index (κ2) is 15.0. The summed E-state index contributed by atoms with van der Waals surface area (Å²) in [5.74, 6) is -4.60. The van der Waals surface area contributed by atoms with E-state index in [9.17, 15) is 26.3 Å². The molecule has 0 saturated carbocycles. The van der Waals surface area contributed by atoms with Crippen LogP contribution >= 0.6 is 0 Å². The Morgan fingerprint density at radius 3 is 1.90 bits per heavy atom. The summed E-state index contributed by atoms with van der Waals surface area (Å²) >= 11 is 0. The molecule has 228 valence electrons. The fourth-order valence-corrected chi connectivity index (χ4v) is 4.22. The lowest BCUT2D eigenvalue weighted by molar-refractivity contribution is -0.193. The van der Waals surface area contributed by atoms with Crippen LogP contribution in [0.1, 0.15) is 24.0 Å². The quantitative estimate of drug-likeness (QED) is 0.491. The number of methoxy groups -OCH3 is 1. The third-order valence-corrected chi connectivity index (χ3v) is 6.27. The zero-order chi connectivity index (χ0) is 30.7. The first kappa shape index (κ1) is 33.8. The van der Waals surface area contributed by atoms with E-state index < -0.39 is 24.3 Å². The van der Waals surface area contributed by atoms with Gasteiger partial charge in [-0.2, -0.15) is 26.3 Å². The molecule has 0 amide bonds. The number of rotatable bonds is 5. The van der Waals surface area contributed by atoms with Gasteiger partial charge in [-0.3, -0.25) is 14.8 Å². The Morgan fingerprint density at radius 1 is 0.902 bits per heavy atom. The lowest BCUT2D eigenvalue weighted by Crippen LogP contribution is -2.56. The minimum atomic E-state index is -5.08. The lowest BCUT2D eigenvalue weighted by atomic mass is 9.89. The van der Waals surface area contributed by atoms with Gasteiger partial charge in [0, 0.05) is 51.7 Å². The molecule has 0 aliphatic carbocycles. The van der Waals surface area contributed by atoms with Crippen molar-refractivity contribution in [3.8, 4) is 5.75 Å². The zero-order valence-corrected chi connectivity index (χ0v) is 22.1. The Kier molecular flexibility index (Phi) is 12.3. The number of aromatic nitrogens is 1. The summed E-state index contributed by atoms with van der Waals surface area (Å²) in [6, 6.07) is 12.6. The van der Waals surface area contributed by atoms with Crippen molar-refractivity contribution < 1.29 is 55.6 Å². The molecule has 1 aromatic carbocycles. The zero-order valence-electron chi connectivity index (χ0n) is 22.1. The molecule has 9 nitrogen and oxygen atoms in total. The lowest BCUT2D eigenvalue weighted by Gasteiger charge is -2.47. The van der Waals surface area contributed by atoms with E-state index in [-0.39, 0.29) is 5.60 Å². The molecular formula is C26H31F6N3O6. The van der Waals surface area contributed by atoms with Crippen LogP contribution in [0.5, 0.6) is 5.75 Å². The third-order valence-electron chi connectivity index (χ3n) is 6.27. The number of hydrogen-bond acceptors (Lipinski definition) is 7. The van der Waals surface area contributed by atoms with Crippen molar-refractivity contribution in [3.05, 3.63) is 59.9 Å². The van der Waals surface area contributed by atoms with Crippen LogP contribution in [0.25, 0.3) is 0 Å². The van der Waals surface area contributed by atoms with Crippen molar-refractivity contribution in [1.82, 2.24) is 14.8 Å². The van der Waals surface area contributed by atoms with Crippen LogP contribution in [-0.2, 0) is 27.4 Å². The molecule has 1 spiro atoms. The maximum Gasteiger partial charge on any atom is 0.490 e. The molecule has 4 rings (SSSR count). The Bertz CT molecular complexity index is 1070. The van der Waals surface area contributed by atoms with Crippen LogP contribution in [-0.4, -0.2) is 94.8 Å². The van der Waals surface area contributed by atoms with Gasteiger partial charge in [0.2, 0.25) is 0 Å². The number of morpholine rings is 1. The second-order valence-electron chi connectivity index (χ2n) is 9.33. The number of pyridine rings is 1. The predicted molar refractivity (Wildman–Crippen MR) is 133 cm³/mol. The van der Waals surface area contributed by atoms with Gasteiger partial charge in [0.05, 0.1) is 19.3 Å². The highest BCUT2D eigenvalue weighted by Crippen LogP contribution is 2.31. The van der Waals surface area contributed by atoms with E-state index in [4.69, 9.17) is 29.3 Å². The molecule has 3 heterocycles. The van der Waals surface area contributed by atoms with E-state index in [1.54, 1.807) is 7.11 Å². The molecule has 0 unspecified atom stereocenters. The minimum absolute atomic E-state index is 0.0247. The summed E-state index contributed by atoms with van der Waals surface area (Å²) in [5.41, 5.74) is 2.65. The predicted octanol–water partition coefficient (Wildman–Crippen LogP) is 4.22. The molecule has 41 heavy (non-hydrogen) atoms. The van der Waals surface area contributed by atoms with Crippen molar-refractivity contribution in [3.63, 3.8) is 0 Å². The highest BCUT2D eigenvalue weighted by Gasteiger charge is 2.40. The smallest absolute Gasteiger partial charge is 0.490 e. The van der Waals surface area contributed by atoms with E-state index in [0.717, 1.165) is 64.5 Å². The fraction of sp³-hybridized carbons (Fsp3) is 0.500. The average Bonchev–Trinajstić information content (AvgIpc) is 2.91. The number of alkyl halides is 6. The SMILES string of the molecule is COc1ccc(CN2CCC3(CC2)CN(Cc2cccnc2)CCO3)cc1.O=C(O)C(F)(F)F.O=C(O)C(F)(F)F. The average molecular weight is 596 g/mol. The highest BCUT2D eigenvalue weighted by atomic mass is 19.4. The van der Waals surface area contributed by atoms with Crippen LogP contribution in [0.3, 0.4) is 0 Å². The number of ether oxygens (including phenoxy) is 2. The number of carbonyl (C=O) groups is 2. The number of nitrogens with zero attached hydrogens (tertiary/aromatic N) is 3. The molecule has 2 aromatic rings. The van der Waals surface area contributed by atoms with Crippen molar-refractivity contribution in [2.75, 3.05) is 39.9 Å². The van der Waals surface area contributed by atoms with Crippen LogP contribution in [0.2, 0.25) is 0 Å². The van der Waals surface area contributed by atoms with E-state index in [0.29, 0.717) is 0 Å². The van der Waals surface area contributed by atoms with Gasteiger partial charge in [-0.05, 0) is 42.2 Å². The molecule has 2 saturated heterocycles. The van der Waals surface area contributed by atoms with Crippen molar-refractivity contribution in [2.45, 2.75) is 43.9 Å². The van der Waals surface area contributed by atoms with Crippen LogP contribution in [0, 0.1) is 0 Å². The normalized spacial score (nSPS) is 17.4. The molecule has 15 heteroatoms. The van der Waals surface area contributed by atoms with E-state index >= 15 is 0 Å². The van der Waals surface area contributed by atoms with Crippen LogP contribution in [0.15, 0.2) is 48.8 Å². The van der Waals surface area contributed by atoms with Gasteiger partial charge in [0.1, 0.15) is 5.75 Å². The molecule has 2 fully saturated rings. The minimum Gasteiger partial charge on any atom is -0.497 e. The van der Waals surface area contributed by atoms with Gasteiger partial charge in [-0.25, -0.2) is 9.59 Å². The van der Waals surface area contributed by atoms with Gasteiger partial charge in [0.15, 0.2) is 0 Å². The molecule has 0 bridgehead atoms. The Hall–Kier alpha value is -3.43. The largest absolute Gasteiger partial charge is 0.497 e. The van der Waals surface area contributed by atoms with E-state index in [2.05, 4.69) is 33.0 Å². The molecule has 2 N–H and O–H groups in total. The summed E-state index contributed by atoms with van der Waals surface area (Å²) in [4.78, 5) is 27.1. The van der Waals surface area contributed by atoms with Crippen molar-refractivity contribution >= 4 is 11.9 Å². The summed E-state index contributed by atoms with van der Waals surface area (Å²) in [5, 5.41) is 14.2. The summed E-state index contributed by atoms with van der Waals surface area (Å²) in [7, 11) is 1.71. The number of piperidine rings is 1. The van der Waals surface area contributed by atoms with E-state index in [1.165, 1.54) is 11.1 Å². The first-order chi connectivity index (χ1) is 19.1. The molecule has 0 atom stereocenters. The summed E-state index contributed by atoms with van der Waals surface area (Å²) in [6.07, 6.45) is -4.15. The van der Waals surface area contributed by atoms with Gasteiger partial charge in [0.25, 0.3) is 0 Å². The van der Waals surface area contributed by atoms with E-state index in [1.807, 2.05) is 30.6 Å². The van der Waals surface area contributed by atoms with Gasteiger partial charge >= 0.3 is 24.3 Å². The molecule has 2 aliphatic heterocycles. The third kappa shape index (κ3) is 11.9. The number of benzene rings is 1. The van der Waals surface area contributed by atoms with Gasteiger partial charge < -0.3 is 19.7 Å². The van der Waals surface area contributed by atoms with Crippen molar-refractivity contribution in [2.24, 2.45) is 0 Å². The number of hydrogen-bond donors (Lipinski definition) is 2.